The predicted octanol–water partition coefficient (Wildman–Crippen LogP) is 1.33. The maximum Gasteiger partial charge on any atom is 0.236 e. The monoisotopic (exact) mass is 316 g/mol. The van der Waals surface area contributed by atoms with Crippen molar-refractivity contribution in [3.63, 3.8) is 0 Å². The van der Waals surface area contributed by atoms with Crippen LogP contribution in [0.3, 0.4) is 0 Å². The summed E-state index contributed by atoms with van der Waals surface area (Å²) in [5, 5.41) is 3.38. The molecule has 0 aromatic carbocycles. The molecule has 0 aromatic heterocycles. The SMILES string of the molecule is CCN(C(=O)CNC1CCCCCC1)C1CCS(=O)(=O)C1. The first-order valence-corrected chi connectivity index (χ1v) is 10.1. The van der Waals surface area contributed by atoms with Crippen molar-refractivity contribution in [2.75, 3.05) is 24.6 Å². The summed E-state index contributed by atoms with van der Waals surface area (Å²) in [5.74, 6) is 0.400. The molecule has 2 fully saturated rings. The van der Waals surface area contributed by atoms with Crippen LogP contribution >= 0.6 is 0 Å². The molecule has 1 aliphatic heterocycles. The smallest absolute Gasteiger partial charge is 0.236 e. The fourth-order valence-electron chi connectivity index (χ4n) is 3.48. The van der Waals surface area contributed by atoms with E-state index in [2.05, 4.69) is 5.32 Å². The molecule has 1 amide bonds. The molecule has 21 heavy (non-hydrogen) atoms. The average Bonchev–Trinajstić information content (AvgIpc) is 2.67. The number of hydrogen-bond donors (Lipinski definition) is 1. The van der Waals surface area contributed by atoms with Gasteiger partial charge in [0.05, 0.1) is 18.1 Å². The lowest BCUT2D eigenvalue weighted by Crippen LogP contribution is -2.46. The third-order valence-corrected chi connectivity index (χ3v) is 6.46. The number of nitrogens with zero attached hydrogens (tertiary/aromatic N) is 1. The summed E-state index contributed by atoms with van der Waals surface area (Å²) in [4.78, 5) is 14.1. The Kier molecular flexibility index (Phi) is 6.05. The molecule has 1 saturated heterocycles. The van der Waals surface area contributed by atoms with Crippen LogP contribution < -0.4 is 5.32 Å². The van der Waals surface area contributed by atoms with Crippen molar-refractivity contribution >= 4 is 15.7 Å². The van der Waals surface area contributed by atoms with Crippen molar-refractivity contribution in [1.82, 2.24) is 10.2 Å². The highest BCUT2D eigenvalue weighted by molar-refractivity contribution is 7.91. The molecule has 1 atom stereocenters. The number of likely N-dealkylation sites (N-methyl/N-ethyl adjacent to an activating group) is 1. The van der Waals surface area contributed by atoms with E-state index >= 15 is 0 Å². The molecule has 0 bridgehead atoms. The molecule has 1 heterocycles. The second-order valence-corrected chi connectivity index (χ2v) is 8.53. The molecule has 0 spiro atoms. The van der Waals surface area contributed by atoms with Gasteiger partial charge in [0.15, 0.2) is 9.84 Å². The van der Waals surface area contributed by atoms with E-state index in [9.17, 15) is 13.2 Å². The van der Waals surface area contributed by atoms with Crippen molar-refractivity contribution in [2.24, 2.45) is 0 Å². The summed E-state index contributed by atoms with van der Waals surface area (Å²) in [6, 6.07) is 0.325. The molecular weight excluding hydrogens is 288 g/mol. The fraction of sp³-hybridized carbons (Fsp3) is 0.933. The van der Waals surface area contributed by atoms with Crippen LogP contribution in [-0.2, 0) is 14.6 Å². The van der Waals surface area contributed by atoms with Gasteiger partial charge in [-0.05, 0) is 26.2 Å². The fourth-order valence-corrected chi connectivity index (χ4v) is 5.21. The first-order valence-electron chi connectivity index (χ1n) is 8.25. The Morgan fingerprint density at radius 2 is 1.81 bits per heavy atom. The van der Waals surface area contributed by atoms with Gasteiger partial charge >= 0.3 is 0 Å². The number of nitrogens with one attached hydrogen (secondary N) is 1. The molecule has 1 saturated carbocycles. The molecule has 6 heteroatoms. The number of hydrogen-bond acceptors (Lipinski definition) is 4. The van der Waals surface area contributed by atoms with E-state index < -0.39 is 9.84 Å². The number of rotatable bonds is 5. The van der Waals surface area contributed by atoms with Gasteiger partial charge in [-0.25, -0.2) is 8.42 Å². The van der Waals surface area contributed by atoms with Gasteiger partial charge in [0.25, 0.3) is 0 Å². The highest BCUT2D eigenvalue weighted by Crippen LogP contribution is 2.19. The summed E-state index contributed by atoms with van der Waals surface area (Å²) >= 11 is 0. The molecule has 0 radical (unpaired) electrons. The lowest BCUT2D eigenvalue weighted by atomic mass is 10.1. The van der Waals surface area contributed by atoms with Crippen molar-refractivity contribution in [2.45, 2.75) is 64.0 Å². The Bertz CT molecular complexity index is 442. The van der Waals surface area contributed by atoms with Crippen LogP contribution in [0, 0.1) is 0 Å². The van der Waals surface area contributed by atoms with E-state index in [1.54, 1.807) is 4.90 Å². The van der Waals surface area contributed by atoms with Crippen LogP contribution in [0.5, 0.6) is 0 Å². The van der Waals surface area contributed by atoms with Crippen LogP contribution in [0.4, 0.5) is 0 Å². The highest BCUT2D eigenvalue weighted by atomic mass is 32.2. The quantitative estimate of drug-likeness (QED) is 0.777. The van der Waals surface area contributed by atoms with Gasteiger partial charge in [-0.2, -0.15) is 0 Å². The normalized spacial score (nSPS) is 26.4. The maximum atomic E-state index is 12.4. The highest BCUT2D eigenvalue weighted by Gasteiger charge is 2.33. The van der Waals surface area contributed by atoms with E-state index in [1.807, 2.05) is 6.92 Å². The maximum absolute atomic E-state index is 12.4. The zero-order valence-electron chi connectivity index (χ0n) is 13.0. The number of carbonyl (C=O) groups is 1. The van der Waals surface area contributed by atoms with E-state index in [1.165, 1.54) is 25.7 Å². The number of carbonyl (C=O) groups excluding carboxylic acids is 1. The van der Waals surface area contributed by atoms with Crippen molar-refractivity contribution in [3.05, 3.63) is 0 Å². The average molecular weight is 316 g/mol. The van der Waals surface area contributed by atoms with E-state index in [0.29, 0.717) is 25.6 Å². The Morgan fingerprint density at radius 3 is 2.33 bits per heavy atom. The van der Waals surface area contributed by atoms with Crippen LogP contribution in [0.25, 0.3) is 0 Å². The summed E-state index contributed by atoms with van der Waals surface area (Å²) < 4.78 is 23.1. The molecule has 1 aliphatic carbocycles. The lowest BCUT2D eigenvalue weighted by molar-refractivity contribution is -0.132. The minimum absolute atomic E-state index is 0.0452. The third kappa shape index (κ3) is 4.95. The summed E-state index contributed by atoms with van der Waals surface area (Å²) in [5.41, 5.74) is 0. The molecular formula is C15H28N2O3S. The van der Waals surface area contributed by atoms with Gasteiger partial charge in [-0.1, -0.05) is 25.7 Å². The predicted molar refractivity (Wildman–Crippen MR) is 83.9 cm³/mol. The molecule has 0 aromatic rings. The minimum Gasteiger partial charge on any atom is -0.338 e. The largest absolute Gasteiger partial charge is 0.338 e. The number of sulfone groups is 1. The van der Waals surface area contributed by atoms with Gasteiger partial charge in [0.1, 0.15) is 0 Å². The van der Waals surface area contributed by atoms with Crippen LogP contribution in [-0.4, -0.2) is 55.9 Å². The van der Waals surface area contributed by atoms with Gasteiger partial charge in [0, 0.05) is 18.6 Å². The standard InChI is InChI=1S/C15H28N2O3S/c1-2-17(14-9-10-21(19,20)12-14)15(18)11-16-13-7-5-3-4-6-8-13/h13-14,16H,2-12H2,1H3. The Morgan fingerprint density at radius 1 is 1.14 bits per heavy atom. The molecule has 2 rings (SSSR count). The summed E-state index contributed by atoms with van der Waals surface area (Å²) in [7, 11) is -2.94. The zero-order chi connectivity index (χ0) is 15.3. The van der Waals surface area contributed by atoms with Crippen molar-refractivity contribution < 1.29 is 13.2 Å². The van der Waals surface area contributed by atoms with Gasteiger partial charge in [-0.15, -0.1) is 0 Å². The van der Waals surface area contributed by atoms with Crippen molar-refractivity contribution in [1.29, 1.82) is 0 Å². The molecule has 2 aliphatic rings. The lowest BCUT2D eigenvalue weighted by Gasteiger charge is -2.28. The van der Waals surface area contributed by atoms with Crippen molar-refractivity contribution in [3.8, 4) is 0 Å². The molecule has 1 N–H and O–H groups in total. The second kappa shape index (κ2) is 7.58. The van der Waals surface area contributed by atoms with Gasteiger partial charge < -0.3 is 10.2 Å². The first-order chi connectivity index (χ1) is 10.0. The summed E-state index contributed by atoms with van der Waals surface area (Å²) in [6.07, 6.45) is 7.97. The third-order valence-electron chi connectivity index (χ3n) is 4.71. The van der Waals surface area contributed by atoms with Crippen LogP contribution in [0.1, 0.15) is 51.9 Å². The Hall–Kier alpha value is -0.620. The van der Waals surface area contributed by atoms with Crippen LogP contribution in [0.15, 0.2) is 0 Å². The zero-order valence-corrected chi connectivity index (χ0v) is 13.8. The second-order valence-electron chi connectivity index (χ2n) is 6.31. The van der Waals surface area contributed by atoms with E-state index in [0.717, 1.165) is 12.8 Å². The van der Waals surface area contributed by atoms with Gasteiger partial charge in [-0.3, -0.25) is 4.79 Å². The van der Waals surface area contributed by atoms with E-state index in [-0.39, 0.29) is 23.5 Å². The topological polar surface area (TPSA) is 66.5 Å². The first kappa shape index (κ1) is 16.7. The van der Waals surface area contributed by atoms with E-state index in [4.69, 9.17) is 0 Å². The Balaban J connectivity index is 1.82. The summed E-state index contributed by atoms with van der Waals surface area (Å²) in [6.45, 7) is 2.86. The van der Waals surface area contributed by atoms with Crippen LogP contribution in [0.2, 0.25) is 0 Å². The molecule has 1 unspecified atom stereocenters. The minimum atomic E-state index is -2.94. The number of amides is 1. The molecule has 5 nitrogen and oxygen atoms in total. The van der Waals surface area contributed by atoms with Gasteiger partial charge in [0.2, 0.25) is 5.91 Å². The molecule has 122 valence electrons. The Labute approximate surface area is 128 Å².